The van der Waals surface area contributed by atoms with Gasteiger partial charge in [0.25, 0.3) is 5.91 Å². The fourth-order valence-corrected chi connectivity index (χ4v) is 3.58. The number of amides is 1. The van der Waals surface area contributed by atoms with Gasteiger partial charge in [-0.3, -0.25) is 4.79 Å². The second-order valence-electron chi connectivity index (χ2n) is 6.82. The zero-order valence-corrected chi connectivity index (χ0v) is 16.4. The molecule has 2 aromatic carbocycles. The molecule has 6 nitrogen and oxygen atoms in total. The first-order valence-electron chi connectivity index (χ1n) is 9.21. The average molecular weight is 436 g/mol. The number of carbonyl (C=O) groups is 1. The van der Waals surface area contributed by atoms with Gasteiger partial charge in [-0.1, -0.05) is 35.0 Å². The number of halogens is 4. The molecule has 2 heterocycles. The molecule has 0 saturated carbocycles. The summed E-state index contributed by atoms with van der Waals surface area (Å²) >= 11 is 6.04. The first-order valence-corrected chi connectivity index (χ1v) is 9.59. The summed E-state index contributed by atoms with van der Waals surface area (Å²) in [6.07, 6.45) is -3.31. The number of carbonyl (C=O) groups excluding carboxylic acids is 1. The Labute approximate surface area is 175 Å². The lowest BCUT2D eigenvalue weighted by atomic mass is 10.1. The number of para-hydroxylation sites is 1. The summed E-state index contributed by atoms with van der Waals surface area (Å²) in [4.78, 5) is 16.5. The molecule has 156 valence electrons. The average Bonchev–Trinajstić information content (AvgIpc) is 3.23. The number of piperazine rings is 1. The van der Waals surface area contributed by atoms with Crippen molar-refractivity contribution in [3.8, 4) is 5.69 Å². The Morgan fingerprint density at radius 3 is 2.43 bits per heavy atom. The number of nitrogens with zero attached hydrogens (tertiary/aromatic N) is 5. The summed E-state index contributed by atoms with van der Waals surface area (Å²) in [5.74, 6) is -0.364. The van der Waals surface area contributed by atoms with Crippen LogP contribution in [0.5, 0.6) is 0 Å². The number of aromatic nitrogens is 3. The largest absolute Gasteiger partial charge is 0.418 e. The Hall–Kier alpha value is -3.07. The molecule has 0 bridgehead atoms. The van der Waals surface area contributed by atoms with E-state index in [1.54, 1.807) is 11.0 Å². The van der Waals surface area contributed by atoms with Gasteiger partial charge in [0, 0.05) is 36.9 Å². The second kappa shape index (κ2) is 7.98. The van der Waals surface area contributed by atoms with Gasteiger partial charge in [-0.05, 0) is 30.3 Å². The Morgan fingerprint density at radius 2 is 1.73 bits per heavy atom. The van der Waals surface area contributed by atoms with E-state index in [1.807, 2.05) is 18.2 Å². The maximum atomic E-state index is 13.2. The van der Waals surface area contributed by atoms with Gasteiger partial charge in [-0.15, -0.1) is 5.10 Å². The fraction of sp³-hybridized carbons (Fsp3) is 0.250. The van der Waals surface area contributed by atoms with Gasteiger partial charge >= 0.3 is 6.18 Å². The van der Waals surface area contributed by atoms with E-state index in [2.05, 4.69) is 15.2 Å². The van der Waals surface area contributed by atoms with Crippen LogP contribution in [0.15, 0.2) is 54.7 Å². The van der Waals surface area contributed by atoms with E-state index in [4.69, 9.17) is 11.6 Å². The van der Waals surface area contributed by atoms with E-state index in [9.17, 15) is 18.0 Å². The molecule has 1 aliphatic heterocycles. The van der Waals surface area contributed by atoms with Crippen LogP contribution in [-0.2, 0) is 6.18 Å². The molecule has 1 aromatic heterocycles. The van der Waals surface area contributed by atoms with Crippen LogP contribution < -0.4 is 4.90 Å². The van der Waals surface area contributed by atoms with Crippen LogP contribution in [0.2, 0.25) is 5.02 Å². The Bertz CT molecular complexity index is 1060. The molecule has 0 radical (unpaired) electrons. The van der Waals surface area contributed by atoms with Crippen molar-refractivity contribution < 1.29 is 18.0 Å². The number of rotatable bonds is 3. The van der Waals surface area contributed by atoms with E-state index in [-0.39, 0.29) is 17.3 Å². The summed E-state index contributed by atoms with van der Waals surface area (Å²) in [7, 11) is 0. The van der Waals surface area contributed by atoms with Gasteiger partial charge in [0.2, 0.25) is 0 Å². The lowest BCUT2D eigenvalue weighted by Crippen LogP contribution is -2.48. The third-order valence-electron chi connectivity index (χ3n) is 4.91. The monoisotopic (exact) mass is 435 g/mol. The van der Waals surface area contributed by atoms with Crippen molar-refractivity contribution >= 4 is 23.2 Å². The molecule has 1 amide bonds. The predicted octanol–water partition coefficient (Wildman–Crippen LogP) is 3.90. The SMILES string of the molecule is O=C(c1cn(-c2ccccc2C(F)(F)F)nn1)N1CCN(c2cccc(Cl)c2)CC1. The highest BCUT2D eigenvalue weighted by Crippen LogP contribution is 2.33. The van der Waals surface area contributed by atoms with Gasteiger partial charge in [-0.2, -0.15) is 13.2 Å². The summed E-state index contributed by atoms with van der Waals surface area (Å²) in [5, 5.41) is 8.19. The minimum atomic E-state index is -4.54. The van der Waals surface area contributed by atoms with Crippen molar-refractivity contribution in [3.63, 3.8) is 0 Å². The minimum Gasteiger partial charge on any atom is -0.368 e. The molecule has 3 aromatic rings. The standard InChI is InChI=1S/C20H17ClF3N5O/c21-14-4-3-5-15(12-14)27-8-10-28(11-9-27)19(30)17-13-29(26-25-17)18-7-2-1-6-16(18)20(22,23)24/h1-7,12-13H,8-11H2. The van der Waals surface area contributed by atoms with Crippen LogP contribution in [0, 0.1) is 0 Å². The number of hydrogen-bond acceptors (Lipinski definition) is 4. The van der Waals surface area contributed by atoms with Crippen molar-refractivity contribution in [2.24, 2.45) is 0 Å². The molecule has 0 atom stereocenters. The summed E-state index contributed by atoms with van der Waals surface area (Å²) < 4.78 is 40.7. The highest BCUT2D eigenvalue weighted by atomic mass is 35.5. The summed E-state index contributed by atoms with van der Waals surface area (Å²) in [6.45, 7) is 2.13. The molecule has 0 unspecified atom stereocenters. The van der Waals surface area contributed by atoms with Gasteiger partial charge in [0.15, 0.2) is 5.69 Å². The number of benzene rings is 2. The zero-order valence-electron chi connectivity index (χ0n) is 15.7. The molecular formula is C20H17ClF3N5O. The van der Waals surface area contributed by atoms with E-state index in [0.29, 0.717) is 31.2 Å². The van der Waals surface area contributed by atoms with Gasteiger partial charge < -0.3 is 9.80 Å². The fourth-order valence-electron chi connectivity index (χ4n) is 3.40. The highest BCUT2D eigenvalue weighted by molar-refractivity contribution is 6.30. The maximum absolute atomic E-state index is 13.2. The van der Waals surface area contributed by atoms with Gasteiger partial charge in [0.05, 0.1) is 17.4 Å². The summed E-state index contributed by atoms with van der Waals surface area (Å²) in [5.41, 5.74) is -0.0427. The zero-order chi connectivity index (χ0) is 21.3. The number of hydrogen-bond donors (Lipinski definition) is 0. The van der Waals surface area contributed by atoms with Crippen LogP contribution in [0.1, 0.15) is 16.1 Å². The molecule has 0 N–H and O–H groups in total. The van der Waals surface area contributed by atoms with Crippen molar-refractivity contribution in [2.75, 3.05) is 31.1 Å². The normalized spacial score (nSPS) is 14.8. The maximum Gasteiger partial charge on any atom is 0.418 e. The van der Waals surface area contributed by atoms with E-state index in [1.165, 1.54) is 24.4 Å². The first-order chi connectivity index (χ1) is 14.3. The van der Waals surface area contributed by atoms with Crippen molar-refractivity contribution in [3.05, 3.63) is 71.0 Å². The van der Waals surface area contributed by atoms with Crippen LogP contribution >= 0.6 is 11.6 Å². The smallest absolute Gasteiger partial charge is 0.368 e. The van der Waals surface area contributed by atoms with Crippen LogP contribution in [0.4, 0.5) is 18.9 Å². The lowest BCUT2D eigenvalue weighted by molar-refractivity contribution is -0.137. The molecule has 10 heteroatoms. The highest BCUT2D eigenvalue weighted by Gasteiger charge is 2.34. The van der Waals surface area contributed by atoms with Crippen LogP contribution in [0.3, 0.4) is 0 Å². The van der Waals surface area contributed by atoms with E-state index in [0.717, 1.165) is 16.4 Å². The van der Waals surface area contributed by atoms with Gasteiger partial charge in [0.1, 0.15) is 0 Å². The van der Waals surface area contributed by atoms with Crippen molar-refractivity contribution in [1.82, 2.24) is 19.9 Å². The Kier molecular flexibility index (Phi) is 5.38. The van der Waals surface area contributed by atoms with E-state index < -0.39 is 11.7 Å². The van der Waals surface area contributed by atoms with Crippen molar-refractivity contribution in [1.29, 1.82) is 0 Å². The van der Waals surface area contributed by atoms with Gasteiger partial charge in [-0.25, -0.2) is 4.68 Å². The Morgan fingerprint density at radius 1 is 1.00 bits per heavy atom. The molecule has 1 aliphatic rings. The minimum absolute atomic E-state index is 0.00295. The quantitative estimate of drug-likeness (QED) is 0.626. The molecule has 1 saturated heterocycles. The molecule has 0 spiro atoms. The molecule has 1 fully saturated rings. The summed E-state index contributed by atoms with van der Waals surface area (Å²) in [6, 6.07) is 12.5. The third kappa shape index (κ3) is 4.11. The molecule has 30 heavy (non-hydrogen) atoms. The number of anilines is 1. The number of alkyl halides is 3. The van der Waals surface area contributed by atoms with Crippen molar-refractivity contribution in [2.45, 2.75) is 6.18 Å². The van der Waals surface area contributed by atoms with Crippen LogP contribution in [0.25, 0.3) is 5.69 Å². The second-order valence-corrected chi connectivity index (χ2v) is 7.26. The first kappa shape index (κ1) is 20.2. The molecular weight excluding hydrogens is 419 g/mol. The predicted molar refractivity (Wildman–Crippen MR) is 106 cm³/mol. The molecule has 0 aliphatic carbocycles. The topological polar surface area (TPSA) is 54.3 Å². The van der Waals surface area contributed by atoms with E-state index >= 15 is 0 Å². The lowest BCUT2D eigenvalue weighted by Gasteiger charge is -2.35. The molecule has 4 rings (SSSR count). The third-order valence-corrected chi connectivity index (χ3v) is 5.14. The van der Waals surface area contributed by atoms with Crippen LogP contribution in [-0.4, -0.2) is 52.0 Å². The Balaban J connectivity index is 1.47.